The maximum absolute atomic E-state index is 12.1. The molecule has 8 heteroatoms. The van der Waals surface area contributed by atoms with Gasteiger partial charge in [0.2, 0.25) is 15.9 Å². The van der Waals surface area contributed by atoms with Crippen molar-refractivity contribution < 1.29 is 17.7 Å². The lowest BCUT2D eigenvalue weighted by Crippen LogP contribution is -2.31. The molecule has 1 aromatic heterocycles. The highest BCUT2D eigenvalue weighted by Gasteiger charge is 2.29. The third kappa shape index (κ3) is 2.79. The van der Waals surface area contributed by atoms with Crippen LogP contribution in [0.2, 0.25) is 0 Å². The third-order valence-corrected chi connectivity index (χ3v) is 4.89. The molecule has 0 saturated carbocycles. The van der Waals surface area contributed by atoms with Gasteiger partial charge in [-0.25, -0.2) is 13.1 Å². The largest absolute Gasteiger partial charge is 0.360 e. The molecule has 1 amide bonds. The van der Waals surface area contributed by atoms with Crippen molar-refractivity contribution in [2.45, 2.75) is 25.2 Å². The van der Waals surface area contributed by atoms with Crippen molar-refractivity contribution in [2.24, 2.45) is 5.92 Å². The Morgan fingerprint density at radius 2 is 2.16 bits per heavy atom. The summed E-state index contributed by atoms with van der Waals surface area (Å²) < 4.78 is 31.7. The summed E-state index contributed by atoms with van der Waals surface area (Å²) in [6, 6.07) is 0. The average molecular weight is 287 g/mol. The van der Waals surface area contributed by atoms with Gasteiger partial charge in [0.1, 0.15) is 10.6 Å². The first-order valence-corrected chi connectivity index (χ1v) is 7.46. The number of nitrogens with zero attached hydrogens (tertiary/aromatic N) is 2. The highest BCUT2D eigenvalue weighted by atomic mass is 32.2. The van der Waals surface area contributed by atoms with Gasteiger partial charge in [0, 0.05) is 26.6 Å². The van der Waals surface area contributed by atoms with E-state index in [1.54, 1.807) is 25.8 Å². The molecule has 0 radical (unpaired) electrons. The smallest absolute Gasteiger partial charge is 0.245 e. The van der Waals surface area contributed by atoms with Crippen molar-refractivity contribution in [2.75, 3.05) is 20.1 Å². The Morgan fingerprint density at radius 3 is 2.63 bits per heavy atom. The number of hydrogen-bond donors (Lipinski definition) is 1. The molecule has 1 atom stereocenters. The Morgan fingerprint density at radius 1 is 1.47 bits per heavy atom. The van der Waals surface area contributed by atoms with Crippen LogP contribution in [0.25, 0.3) is 0 Å². The van der Waals surface area contributed by atoms with Crippen LogP contribution >= 0.6 is 0 Å². The topological polar surface area (TPSA) is 92.5 Å². The number of likely N-dealkylation sites (tertiary alicyclic amines) is 1. The first kappa shape index (κ1) is 14.0. The van der Waals surface area contributed by atoms with E-state index in [0.29, 0.717) is 18.7 Å². The van der Waals surface area contributed by atoms with E-state index in [2.05, 4.69) is 9.88 Å². The first-order valence-electron chi connectivity index (χ1n) is 5.97. The molecule has 0 spiro atoms. The van der Waals surface area contributed by atoms with Gasteiger partial charge in [-0.2, -0.15) is 0 Å². The summed E-state index contributed by atoms with van der Waals surface area (Å²) in [7, 11) is -1.92. The van der Waals surface area contributed by atoms with Crippen LogP contribution in [0.3, 0.4) is 0 Å². The Hall–Kier alpha value is -1.41. The van der Waals surface area contributed by atoms with Crippen LogP contribution in [-0.2, 0) is 14.8 Å². The lowest BCUT2D eigenvalue weighted by atomic mass is 10.1. The molecular weight excluding hydrogens is 270 g/mol. The summed E-state index contributed by atoms with van der Waals surface area (Å²) in [6.45, 7) is 3.95. The quantitative estimate of drug-likeness (QED) is 0.844. The van der Waals surface area contributed by atoms with Gasteiger partial charge < -0.3 is 9.42 Å². The zero-order valence-corrected chi connectivity index (χ0v) is 12.0. The van der Waals surface area contributed by atoms with Crippen LogP contribution in [0.15, 0.2) is 9.42 Å². The Labute approximate surface area is 112 Å². The van der Waals surface area contributed by atoms with Crippen molar-refractivity contribution in [1.29, 1.82) is 0 Å². The van der Waals surface area contributed by atoms with Crippen LogP contribution in [0.1, 0.15) is 17.9 Å². The number of nitrogens with one attached hydrogen (secondary N) is 1. The highest BCUT2D eigenvalue weighted by molar-refractivity contribution is 7.89. The summed E-state index contributed by atoms with van der Waals surface area (Å²) in [5.41, 5.74) is 0.338. The van der Waals surface area contributed by atoms with E-state index < -0.39 is 10.0 Å². The summed E-state index contributed by atoms with van der Waals surface area (Å²) in [5.74, 6) is 0.318. The Bertz CT molecular complexity index is 574. The molecule has 2 rings (SSSR count). The maximum Gasteiger partial charge on any atom is 0.245 e. The van der Waals surface area contributed by atoms with E-state index in [1.807, 2.05) is 0 Å². The number of carbonyl (C=O) groups is 1. The molecule has 1 N–H and O–H groups in total. The lowest BCUT2D eigenvalue weighted by molar-refractivity contribution is -0.126. The molecule has 106 valence electrons. The van der Waals surface area contributed by atoms with E-state index in [9.17, 15) is 13.2 Å². The van der Waals surface area contributed by atoms with Gasteiger partial charge in [-0.3, -0.25) is 4.79 Å². The van der Waals surface area contributed by atoms with Crippen molar-refractivity contribution in [3.63, 3.8) is 0 Å². The average Bonchev–Trinajstić information content (AvgIpc) is 2.81. The molecule has 0 aliphatic carbocycles. The molecule has 1 fully saturated rings. The zero-order chi connectivity index (χ0) is 14.2. The van der Waals surface area contributed by atoms with E-state index in [-0.39, 0.29) is 29.0 Å². The van der Waals surface area contributed by atoms with Gasteiger partial charge in [-0.15, -0.1) is 0 Å². The molecule has 1 aromatic rings. The molecule has 19 heavy (non-hydrogen) atoms. The Balaban J connectivity index is 2.05. The number of hydrogen-bond acceptors (Lipinski definition) is 5. The fourth-order valence-electron chi connectivity index (χ4n) is 2.25. The van der Waals surface area contributed by atoms with E-state index in [1.165, 1.54) is 0 Å². The predicted octanol–water partition coefficient (Wildman–Crippen LogP) is 0.0480. The van der Waals surface area contributed by atoms with Crippen molar-refractivity contribution in [3.05, 3.63) is 11.5 Å². The minimum atomic E-state index is -3.64. The summed E-state index contributed by atoms with van der Waals surface area (Å²) in [5, 5.41) is 3.63. The molecular formula is C11H17N3O4S. The minimum absolute atomic E-state index is 0.00717. The van der Waals surface area contributed by atoms with Gasteiger partial charge in [-0.1, -0.05) is 5.16 Å². The van der Waals surface area contributed by atoms with Gasteiger partial charge in [-0.05, 0) is 19.8 Å². The Kier molecular flexibility index (Phi) is 3.64. The van der Waals surface area contributed by atoms with Gasteiger partial charge in [0.25, 0.3) is 0 Å². The zero-order valence-electron chi connectivity index (χ0n) is 11.1. The van der Waals surface area contributed by atoms with Crippen LogP contribution in [0.4, 0.5) is 0 Å². The van der Waals surface area contributed by atoms with E-state index >= 15 is 0 Å². The van der Waals surface area contributed by atoms with E-state index in [4.69, 9.17) is 4.52 Å². The van der Waals surface area contributed by atoms with Crippen LogP contribution in [0.5, 0.6) is 0 Å². The second-order valence-corrected chi connectivity index (χ2v) is 6.55. The SMILES string of the molecule is Cc1noc(C)c1S(=O)(=O)NCC1CC(=O)N(C)C1. The third-order valence-electron chi connectivity index (χ3n) is 3.22. The molecule has 0 bridgehead atoms. The number of rotatable bonds is 4. The van der Waals surface area contributed by atoms with Crippen LogP contribution in [-0.4, -0.2) is 44.5 Å². The standard InChI is InChI=1S/C11H17N3O4S/c1-7-11(8(2)18-13-7)19(16,17)12-5-9-4-10(15)14(3)6-9/h9,12H,4-6H2,1-3H3. The summed E-state index contributed by atoms with van der Waals surface area (Å²) in [6.07, 6.45) is 0.376. The predicted molar refractivity (Wildman–Crippen MR) is 66.9 cm³/mol. The normalized spacial score (nSPS) is 20.3. The summed E-state index contributed by atoms with van der Waals surface area (Å²) in [4.78, 5) is 13.1. The summed E-state index contributed by atoms with van der Waals surface area (Å²) >= 11 is 0. The molecule has 1 saturated heterocycles. The molecule has 2 heterocycles. The second-order valence-electron chi connectivity index (χ2n) is 4.85. The maximum atomic E-state index is 12.1. The minimum Gasteiger partial charge on any atom is -0.360 e. The van der Waals surface area contributed by atoms with Crippen molar-refractivity contribution >= 4 is 15.9 Å². The number of aryl methyl sites for hydroxylation is 2. The van der Waals surface area contributed by atoms with Crippen LogP contribution < -0.4 is 4.72 Å². The van der Waals surface area contributed by atoms with Crippen molar-refractivity contribution in [3.8, 4) is 0 Å². The number of sulfonamides is 1. The van der Waals surface area contributed by atoms with Gasteiger partial charge in [0.15, 0.2) is 5.76 Å². The molecule has 0 aromatic carbocycles. The first-order chi connectivity index (χ1) is 8.81. The second kappa shape index (κ2) is 4.93. The number of amides is 1. The fraction of sp³-hybridized carbons (Fsp3) is 0.636. The number of carbonyl (C=O) groups excluding carboxylic acids is 1. The van der Waals surface area contributed by atoms with Gasteiger partial charge >= 0.3 is 0 Å². The van der Waals surface area contributed by atoms with E-state index in [0.717, 1.165) is 0 Å². The molecule has 1 aliphatic heterocycles. The fourth-order valence-corrected chi connectivity index (χ4v) is 3.69. The van der Waals surface area contributed by atoms with Crippen LogP contribution in [0, 0.1) is 19.8 Å². The number of aromatic nitrogens is 1. The van der Waals surface area contributed by atoms with Gasteiger partial charge in [0.05, 0.1) is 0 Å². The monoisotopic (exact) mass is 287 g/mol. The molecule has 7 nitrogen and oxygen atoms in total. The molecule has 1 unspecified atom stereocenters. The van der Waals surface area contributed by atoms with Crippen molar-refractivity contribution in [1.82, 2.24) is 14.8 Å². The lowest BCUT2D eigenvalue weighted by Gasteiger charge is -2.11. The highest BCUT2D eigenvalue weighted by Crippen LogP contribution is 2.20. The molecule has 1 aliphatic rings.